The van der Waals surface area contributed by atoms with Crippen LogP contribution < -0.4 is 5.32 Å². The van der Waals surface area contributed by atoms with Crippen LogP contribution in [0.25, 0.3) is 0 Å². The highest BCUT2D eigenvalue weighted by Gasteiger charge is 2.31. The third-order valence-corrected chi connectivity index (χ3v) is 3.87. The molecule has 2 heterocycles. The van der Waals surface area contributed by atoms with Gasteiger partial charge < -0.3 is 15.1 Å². The Kier molecular flexibility index (Phi) is 4.02. The molecule has 1 amide bonds. The molecule has 0 saturated carbocycles. The summed E-state index contributed by atoms with van der Waals surface area (Å²) in [5.74, 6) is 1.20. The monoisotopic (exact) mass is 252 g/mol. The minimum Gasteiger partial charge on any atom is -0.313 e. The summed E-state index contributed by atoms with van der Waals surface area (Å²) >= 11 is 0. The number of hydrogen-bond donors (Lipinski definition) is 1. The van der Waals surface area contributed by atoms with Crippen LogP contribution in [0.3, 0.4) is 0 Å². The van der Waals surface area contributed by atoms with Gasteiger partial charge in [0, 0.05) is 32.1 Å². The van der Waals surface area contributed by atoms with Gasteiger partial charge in [-0.1, -0.05) is 13.8 Å². The van der Waals surface area contributed by atoms with Crippen LogP contribution >= 0.6 is 0 Å². The molecule has 2 rings (SSSR count). The highest BCUT2D eigenvalue weighted by molar-refractivity contribution is 6.06. The zero-order chi connectivity index (χ0) is 13.3. The highest BCUT2D eigenvalue weighted by Crippen LogP contribution is 2.16. The first-order chi connectivity index (χ1) is 8.47. The van der Waals surface area contributed by atoms with Crippen molar-refractivity contribution < 1.29 is 4.79 Å². The molecule has 2 aliphatic rings. The standard InChI is InChI=1S/C13H24N4O/c1-9(2)12-13(18)15-11(14-12)7-10-8-16(3)5-6-17(10)4/h9-10,12H,5-8H2,1-4H3,(H,14,15,18). The molecule has 1 fully saturated rings. The van der Waals surface area contributed by atoms with Gasteiger partial charge in [0.1, 0.15) is 11.9 Å². The summed E-state index contributed by atoms with van der Waals surface area (Å²) in [6.07, 6.45) is 0.843. The van der Waals surface area contributed by atoms with E-state index >= 15 is 0 Å². The molecule has 2 aliphatic heterocycles. The molecule has 102 valence electrons. The average molecular weight is 252 g/mol. The van der Waals surface area contributed by atoms with E-state index in [1.165, 1.54) is 0 Å². The summed E-state index contributed by atoms with van der Waals surface area (Å²) in [6, 6.07) is 0.264. The van der Waals surface area contributed by atoms with Crippen molar-refractivity contribution >= 4 is 11.7 Å². The number of carbonyl (C=O) groups excluding carboxylic acids is 1. The topological polar surface area (TPSA) is 47.9 Å². The van der Waals surface area contributed by atoms with E-state index in [0.717, 1.165) is 31.9 Å². The predicted octanol–water partition coefficient (Wildman–Crippen LogP) is 0.175. The molecule has 1 N–H and O–H groups in total. The van der Waals surface area contributed by atoms with E-state index in [1.54, 1.807) is 0 Å². The third-order valence-electron chi connectivity index (χ3n) is 3.87. The Labute approximate surface area is 109 Å². The van der Waals surface area contributed by atoms with E-state index in [4.69, 9.17) is 0 Å². The molecule has 0 aromatic heterocycles. The van der Waals surface area contributed by atoms with E-state index in [9.17, 15) is 4.79 Å². The molecule has 5 heteroatoms. The first-order valence-electron chi connectivity index (χ1n) is 6.73. The number of carbonyl (C=O) groups is 1. The predicted molar refractivity (Wildman–Crippen MR) is 72.7 cm³/mol. The quantitative estimate of drug-likeness (QED) is 0.779. The second-order valence-corrected chi connectivity index (χ2v) is 5.85. The molecule has 0 aromatic rings. The second kappa shape index (κ2) is 5.36. The SMILES string of the molecule is CC(C)C1N=C(CC2CN(C)CCN2C)NC1=O. The Morgan fingerprint density at radius 1 is 1.39 bits per heavy atom. The number of piperazine rings is 1. The van der Waals surface area contributed by atoms with Gasteiger partial charge in [-0.05, 0) is 20.0 Å². The molecule has 18 heavy (non-hydrogen) atoms. The number of amides is 1. The molecule has 2 unspecified atom stereocenters. The lowest BCUT2D eigenvalue weighted by Gasteiger charge is -2.37. The Hall–Kier alpha value is -0.940. The van der Waals surface area contributed by atoms with Crippen molar-refractivity contribution in [2.45, 2.75) is 32.4 Å². The maximum absolute atomic E-state index is 11.8. The fraction of sp³-hybridized carbons (Fsp3) is 0.846. The Balaban J connectivity index is 1.97. The molecule has 2 atom stereocenters. The van der Waals surface area contributed by atoms with Crippen molar-refractivity contribution in [2.24, 2.45) is 10.9 Å². The largest absolute Gasteiger partial charge is 0.313 e. The minimum atomic E-state index is -0.188. The van der Waals surface area contributed by atoms with E-state index in [0.29, 0.717) is 6.04 Å². The first kappa shape index (κ1) is 13.5. The smallest absolute Gasteiger partial charge is 0.250 e. The molecular formula is C13H24N4O. The number of nitrogens with one attached hydrogen (secondary N) is 1. The Bertz CT molecular complexity index is 353. The van der Waals surface area contributed by atoms with Crippen molar-refractivity contribution in [2.75, 3.05) is 33.7 Å². The number of likely N-dealkylation sites (N-methyl/N-ethyl adjacent to an activating group) is 2. The lowest BCUT2D eigenvalue weighted by molar-refractivity contribution is -0.120. The Morgan fingerprint density at radius 3 is 2.72 bits per heavy atom. The van der Waals surface area contributed by atoms with Crippen molar-refractivity contribution in [3.8, 4) is 0 Å². The summed E-state index contributed by atoms with van der Waals surface area (Å²) < 4.78 is 0. The number of amidine groups is 1. The fourth-order valence-corrected chi connectivity index (χ4v) is 2.58. The summed E-state index contributed by atoms with van der Waals surface area (Å²) in [4.78, 5) is 21.0. The fourth-order valence-electron chi connectivity index (χ4n) is 2.58. The van der Waals surface area contributed by atoms with Gasteiger partial charge in [0.15, 0.2) is 0 Å². The van der Waals surface area contributed by atoms with Crippen LogP contribution in [0.15, 0.2) is 4.99 Å². The number of hydrogen-bond acceptors (Lipinski definition) is 4. The van der Waals surface area contributed by atoms with Gasteiger partial charge in [0.05, 0.1) is 0 Å². The van der Waals surface area contributed by atoms with E-state index in [2.05, 4.69) is 34.2 Å². The van der Waals surface area contributed by atoms with Gasteiger partial charge in [-0.3, -0.25) is 9.79 Å². The minimum absolute atomic E-state index is 0.0619. The maximum Gasteiger partial charge on any atom is 0.250 e. The number of nitrogens with zero attached hydrogens (tertiary/aromatic N) is 3. The van der Waals surface area contributed by atoms with E-state index in [-0.39, 0.29) is 17.9 Å². The highest BCUT2D eigenvalue weighted by atomic mass is 16.2. The first-order valence-corrected chi connectivity index (χ1v) is 6.73. The van der Waals surface area contributed by atoms with Crippen LogP contribution in [-0.4, -0.2) is 67.4 Å². The molecular weight excluding hydrogens is 228 g/mol. The van der Waals surface area contributed by atoms with Crippen molar-refractivity contribution in [1.29, 1.82) is 0 Å². The molecule has 1 saturated heterocycles. The molecule has 0 radical (unpaired) electrons. The summed E-state index contributed by atoms with van der Waals surface area (Å²) in [6.45, 7) is 7.31. The van der Waals surface area contributed by atoms with Crippen molar-refractivity contribution in [3.05, 3.63) is 0 Å². The lowest BCUT2D eigenvalue weighted by atomic mass is 10.1. The zero-order valence-electron chi connectivity index (χ0n) is 11.8. The number of rotatable bonds is 3. The summed E-state index contributed by atoms with van der Waals surface area (Å²) in [5.41, 5.74) is 0. The third kappa shape index (κ3) is 2.90. The van der Waals surface area contributed by atoms with Crippen LogP contribution in [0.4, 0.5) is 0 Å². The van der Waals surface area contributed by atoms with Gasteiger partial charge >= 0.3 is 0 Å². The summed E-state index contributed by atoms with van der Waals surface area (Å²) in [5, 5.41) is 2.93. The van der Waals surface area contributed by atoms with Crippen LogP contribution in [0, 0.1) is 5.92 Å². The van der Waals surface area contributed by atoms with Crippen molar-refractivity contribution in [1.82, 2.24) is 15.1 Å². The summed E-state index contributed by atoms with van der Waals surface area (Å²) in [7, 11) is 4.29. The van der Waals surface area contributed by atoms with Gasteiger partial charge in [-0.15, -0.1) is 0 Å². The van der Waals surface area contributed by atoms with Gasteiger partial charge in [-0.2, -0.15) is 0 Å². The van der Waals surface area contributed by atoms with E-state index < -0.39 is 0 Å². The second-order valence-electron chi connectivity index (χ2n) is 5.85. The van der Waals surface area contributed by atoms with Gasteiger partial charge in [-0.25, -0.2) is 0 Å². The Morgan fingerprint density at radius 2 is 2.11 bits per heavy atom. The van der Waals surface area contributed by atoms with Gasteiger partial charge in [0.25, 0.3) is 0 Å². The van der Waals surface area contributed by atoms with E-state index in [1.807, 2.05) is 13.8 Å². The van der Waals surface area contributed by atoms with Gasteiger partial charge in [0.2, 0.25) is 5.91 Å². The van der Waals surface area contributed by atoms with Crippen LogP contribution in [0.1, 0.15) is 20.3 Å². The molecule has 5 nitrogen and oxygen atoms in total. The normalized spacial score (nSPS) is 30.7. The van der Waals surface area contributed by atoms with Crippen LogP contribution in [0.2, 0.25) is 0 Å². The molecule has 0 aromatic carbocycles. The van der Waals surface area contributed by atoms with Crippen molar-refractivity contribution in [3.63, 3.8) is 0 Å². The molecule has 0 aliphatic carbocycles. The molecule has 0 spiro atoms. The van der Waals surface area contributed by atoms with Crippen LogP contribution in [-0.2, 0) is 4.79 Å². The maximum atomic E-state index is 11.8. The zero-order valence-corrected chi connectivity index (χ0v) is 11.8. The van der Waals surface area contributed by atoms with Crippen LogP contribution in [0.5, 0.6) is 0 Å². The average Bonchev–Trinajstić information content (AvgIpc) is 2.65. The number of aliphatic imine (C=N–C) groups is 1. The lowest BCUT2D eigenvalue weighted by Crippen LogP contribution is -2.51. The molecule has 0 bridgehead atoms.